The van der Waals surface area contributed by atoms with E-state index in [-0.39, 0.29) is 0 Å². The van der Waals surface area contributed by atoms with Crippen LogP contribution < -0.4 is 9.75 Å². The van der Waals surface area contributed by atoms with Gasteiger partial charge < -0.3 is 24.6 Å². The molecule has 2 heterocycles. The fraction of sp³-hybridized carbons (Fsp3) is 0.467. The smallest absolute Gasteiger partial charge is 0.328 e. The average molecular weight is 572 g/mol. The van der Waals surface area contributed by atoms with Gasteiger partial charge in [0.1, 0.15) is 5.75 Å². The van der Waals surface area contributed by atoms with Crippen LogP contribution in [0.3, 0.4) is 0 Å². The van der Waals surface area contributed by atoms with Crippen molar-refractivity contribution < 1.29 is 29.3 Å². The number of hydrazine groups is 1. The van der Waals surface area contributed by atoms with Crippen LogP contribution in [0.1, 0.15) is 36.8 Å². The van der Waals surface area contributed by atoms with E-state index in [2.05, 4.69) is 58.4 Å². The third-order valence-corrected chi connectivity index (χ3v) is 7.96. The molecule has 2 aliphatic rings. The van der Waals surface area contributed by atoms with Crippen LogP contribution in [0, 0.1) is 0 Å². The molecule has 1 fully saturated rings. The number of nitrogens with zero attached hydrogens (tertiary/aromatic N) is 3. The fourth-order valence-corrected chi connectivity index (χ4v) is 5.81. The van der Waals surface area contributed by atoms with E-state index in [4.69, 9.17) is 19.7 Å². The molecule has 0 bridgehead atoms. The zero-order chi connectivity index (χ0) is 28.7. The van der Waals surface area contributed by atoms with Crippen molar-refractivity contribution in [3.63, 3.8) is 0 Å². The number of unbranched alkanes of at least 4 members (excludes halogenated alkanes) is 1. The SMILES string of the molecule is COc1ccc(COCCCCN2CCC(N(C)N3CSCc4ccccc43)CC2)cc1.O=C(O)/C=C/C(=O)O. The Morgan fingerprint density at radius 3 is 2.35 bits per heavy atom. The Morgan fingerprint density at radius 2 is 1.70 bits per heavy atom. The number of fused-ring (bicyclic) bond motifs is 1. The lowest BCUT2D eigenvalue weighted by molar-refractivity contribution is -0.134. The van der Waals surface area contributed by atoms with E-state index >= 15 is 0 Å². The summed E-state index contributed by atoms with van der Waals surface area (Å²) in [6.07, 6.45) is 5.93. The Bertz CT molecular complexity index is 1070. The van der Waals surface area contributed by atoms with Gasteiger partial charge >= 0.3 is 11.9 Å². The quantitative estimate of drug-likeness (QED) is 0.275. The van der Waals surface area contributed by atoms with E-state index in [9.17, 15) is 9.59 Å². The van der Waals surface area contributed by atoms with Gasteiger partial charge in [0.25, 0.3) is 0 Å². The molecule has 2 aliphatic heterocycles. The summed E-state index contributed by atoms with van der Waals surface area (Å²) in [5.41, 5.74) is 4.06. The fourth-order valence-electron chi connectivity index (χ4n) is 4.76. The third-order valence-electron chi connectivity index (χ3n) is 7.02. The normalized spacial score (nSPS) is 15.9. The number of aliphatic carboxylic acids is 2. The maximum atomic E-state index is 9.55. The molecular weight excluding hydrogens is 530 g/mol. The van der Waals surface area contributed by atoms with Crippen molar-refractivity contribution >= 4 is 29.4 Å². The molecular formula is C30H41N3O6S. The van der Waals surface area contributed by atoms with Crippen molar-refractivity contribution in [1.82, 2.24) is 9.91 Å². The number of benzene rings is 2. The van der Waals surface area contributed by atoms with Crippen molar-refractivity contribution in [3.8, 4) is 5.75 Å². The van der Waals surface area contributed by atoms with Gasteiger partial charge in [-0.2, -0.15) is 0 Å². The lowest BCUT2D eigenvalue weighted by Gasteiger charge is -2.44. The van der Waals surface area contributed by atoms with Crippen LogP contribution in [0.2, 0.25) is 0 Å². The number of likely N-dealkylation sites (tertiary alicyclic amines) is 1. The Hall–Kier alpha value is -3.05. The Morgan fingerprint density at radius 1 is 1.02 bits per heavy atom. The summed E-state index contributed by atoms with van der Waals surface area (Å²) in [5, 5.41) is 20.6. The van der Waals surface area contributed by atoms with E-state index in [0.29, 0.717) is 24.8 Å². The molecule has 0 atom stereocenters. The number of hydrogen-bond acceptors (Lipinski definition) is 8. The number of methoxy groups -OCH3 is 1. The van der Waals surface area contributed by atoms with Gasteiger partial charge in [0.2, 0.25) is 0 Å². The molecule has 1 saturated heterocycles. The second-order valence-electron chi connectivity index (χ2n) is 9.77. The van der Waals surface area contributed by atoms with Gasteiger partial charge in [0, 0.05) is 37.6 Å². The van der Waals surface area contributed by atoms with Gasteiger partial charge in [-0.3, -0.25) is 5.01 Å². The van der Waals surface area contributed by atoms with Crippen LogP contribution in [0.25, 0.3) is 0 Å². The molecule has 0 aliphatic carbocycles. The van der Waals surface area contributed by atoms with Crippen molar-refractivity contribution in [3.05, 3.63) is 71.8 Å². The lowest BCUT2D eigenvalue weighted by Crippen LogP contribution is -2.51. The molecule has 2 aromatic carbocycles. The first kappa shape index (κ1) is 31.5. The molecule has 0 aromatic heterocycles. The molecule has 40 heavy (non-hydrogen) atoms. The van der Waals surface area contributed by atoms with E-state index < -0.39 is 11.9 Å². The number of rotatable bonds is 12. The summed E-state index contributed by atoms with van der Waals surface area (Å²) in [6.45, 7) is 5.09. The Balaban J connectivity index is 0.000000482. The molecule has 0 saturated carbocycles. The lowest BCUT2D eigenvalue weighted by atomic mass is 10.0. The topological polar surface area (TPSA) is 103 Å². The van der Waals surface area contributed by atoms with E-state index in [1.54, 1.807) is 7.11 Å². The number of anilines is 1. The number of piperidine rings is 1. The minimum Gasteiger partial charge on any atom is -0.497 e. The highest BCUT2D eigenvalue weighted by atomic mass is 32.2. The summed E-state index contributed by atoms with van der Waals surface area (Å²) < 4.78 is 11.1. The van der Waals surface area contributed by atoms with Crippen molar-refractivity contribution in [1.29, 1.82) is 0 Å². The van der Waals surface area contributed by atoms with Gasteiger partial charge in [0.15, 0.2) is 0 Å². The predicted octanol–water partition coefficient (Wildman–Crippen LogP) is 4.73. The molecule has 9 nitrogen and oxygen atoms in total. The first-order valence-electron chi connectivity index (χ1n) is 13.6. The number of carboxylic acid groups (broad SMARTS) is 2. The van der Waals surface area contributed by atoms with Gasteiger partial charge in [-0.05, 0) is 74.6 Å². The monoisotopic (exact) mass is 571 g/mol. The highest BCUT2D eigenvalue weighted by Crippen LogP contribution is 2.33. The summed E-state index contributed by atoms with van der Waals surface area (Å²) in [4.78, 5) is 21.7. The van der Waals surface area contributed by atoms with Crippen molar-refractivity contribution in [2.45, 2.75) is 44.1 Å². The highest BCUT2D eigenvalue weighted by Gasteiger charge is 2.28. The van der Waals surface area contributed by atoms with Crippen LogP contribution in [-0.4, -0.2) is 84.4 Å². The summed E-state index contributed by atoms with van der Waals surface area (Å²) >= 11 is 2.01. The number of thioether (sulfide) groups is 1. The second kappa shape index (κ2) is 16.9. The van der Waals surface area contributed by atoms with Gasteiger partial charge in [0.05, 0.1) is 25.3 Å². The first-order valence-corrected chi connectivity index (χ1v) is 14.8. The van der Waals surface area contributed by atoms with E-state index in [0.717, 1.165) is 30.4 Å². The Labute approximate surface area is 241 Å². The van der Waals surface area contributed by atoms with Crippen LogP contribution in [0.5, 0.6) is 5.75 Å². The minimum absolute atomic E-state index is 0.558. The summed E-state index contributed by atoms with van der Waals surface area (Å²) in [5.74, 6) is 0.565. The summed E-state index contributed by atoms with van der Waals surface area (Å²) in [6, 6.07) is 17.6. The maximum Gasteiger partial charge on any atom is 0.328 e. The summed E-state index contributed by atoms with van der Waals surface area (Å²) in [7, 11) is 3.97. The standard InChI is InChI=1S/C26H37N3O2S.C4H4O4/c1-27(29-21-32-20-23-7-3-4-8-26(23)29)24-13-16-28(17-14-24)15-5-6-18-31-19-22-9-11-25(30-2)12-10-22;5-3(6)1-2-4(7)8/h3-4,7-12,24H,5-6,13-21H2,1-2H3;1-2H,(H,5,6)(H,7,8)/b;2-1+. The largest absolute Gasteiger partial charge is 0.497 e. The van der Waals surface area contributed by atoms with E-state index in [1.165, 1.54) is 55.7 Å². The third kappa shape index (κ3) is 10.5. The average Bonchev–Trinajstić information content (AvgIpc) is 2.98. The first-order chi connectivity index (χ1) is 19.4. The number of para-hydroxylation sites is 1. The number of carboxylic acids is 2. The Kier molecular flexibility index (Phi) is 13.3. The van der Waals surface area contributed by atoms with Crippen LogP contribution in [0.15, 0.2) is 60.7 Å². The molecule has 0 radical (unpaired) electrons. The van der Waals surface area contributed by atoms with Gasteiger partial charge in [-0.15, -0.1) is 11.8 Å². The minimum atomic E-state index is -1.26. The molecule has 0 amide bonds. The zero-order valence-corrected chi connectivity index (χ0v) is 24.2. The van der Waals surface area contributed by atoms with Crippen LogP contribution in [-0.2, 0) is 26.7 Å². The number of carbonyl (C=O) groups is 2. The zero-order valence-electron chi connectivity index (χ0n) is 23.4. The molecule has 2 aromatic rings. The van der Waals surface area contributed by atoms with E-state index in [1.807, 2.05) is 23.9 Å². The maximum absolute atomic E-state index is 9.55. The number of hydrogen-bond donors (Lipinski definition) is 2. The van der Waals surface area contributed by atoms with Gasteiger partial charge in [-0.1, -0.05) is 30.3 Å². The molecule has 2 N–H and O–H groups in total. The molecule has 0 spiro atoms. The molecule has 10 heteroatoms. The van der Waals surface area contributed by atoms with Crippen LogP contribution >= 0.6 is 11.8 Å². The molecule has 0 unspecified atom stereocenters. The van der Waals surface area contributed by atoms with Crippen LogP contribution in [0.4, 0.5) is 5.69 Å². The second-order valence-corrected chi connectivity index (χ2v) is 10.7. The van der Waals surface area contributed by atoms with Crippen molar-refractivity contribution in [2.75, 3.05) is 51.3 Å². The number of ether oxygens (including phenoxy) is 2. The highest BCUT2D eigenvalue weighted by molar-refractivity contribution is 7.98. The van der Waals surface area contributed by atoms with Gasteiger partial charge in [-0.25, -0.2) is 14.6 Å². The predicted molar refractivity (Wildman–Crippen MR) is 159 cm³/mol. The van der Waals surface area contributed by atoms with Crippen molar-refractivity contribution in [2.24, 2.45) is 0 Å². The molecule has 218 valence electrons. The molecule has 4 rings (SSSR count).